The number of methoxy groups -OCH3 is 1. The van der Waals surface area contributed by atoms with E-state index in [1.54, 1.807) is 12.1 Å². The standard InChI is InChI=1S/C12H16O5.C3H8.C2H6/c1-17-11-4-2-8(6-10(11)14)9(7-13)3-5-12(15)16;1-3-2;1-2/h2,4,6,9,13-14H,3,5,7H2,1H3,(H,15,16);3H2,1-2H3;1-2H3/t9-;;/m1../s1. The highest BCUT2D eigenvalue weighted by Gasteiger charge is 2.14. The quantitative estimate of drug-likeness (QED) is 0.743. The summed E-state index contributed by atoms with van der Waals surface area (Å²) in [5, 5.41) is 27.4. The molecule has 1 rings (SSSR count). The number of aromatic hydroxyl groups is 1. The average Bonchev–Trinajstić information content (AvgIpc) is 2.50. The van der Waals surface area contributed by atoms with Crippen molar-refractivity contribution in [1.82, 2.24) is 0 Å². The smallest absolute Gasteiger partial charge is 0.303 e. The van der Waals surface area contributed by atoms with E-state index < -0.39 is 5.97 Å². The van der Waals surface area contributed by atoms with Gasteiger partial charge in [-0.15, -0.1) is 0 Å². The van der Waals surface area contributed by atoms with Crippen LogP contribution in [0.5, 0.6) is 11.5 Å². The molecule has 0 aromatic heterocycles. The Balaban J connectivity index is 0. The Hall–Kier alpha value is -1.75. The summed E-state index contributed by atoms with van der Waals surface area (Å²) in [6.07, 6.45) is 1.57. The molecule has 0 saturated heterocycles. The van der Waals surface area contributed by atoms with Gasteiger partial charge < -0.3 is 20.1 Å². The number of carboxylic acid groups (broad SMARTS) is 1. The number of aliphatic hydroxyl groups is 1. The number of benzene rings is 1. The SMILES string of the molecule is CC.CCC.COc1ccc([C@@H](CO)CCC(=O)O)cc1O. The Labute approximate surface area is 133 Å². The minimum atomic E-state index is -0.902. The second-order valence-corrected chi connectivity index (χ2v) is 4.45. The lowest BCUT2D eigenvalue weighted by Gasteiger charge is -2.14. The molecule has 0 fully saturated rings. The minimum absolute atomic E-state index is 0.0150. The zero-order valence-electron chi connectivity index (χ0n) is 14.3. The summed E-state index contributed by atoms with van der Waals surface area (Å²) in [7, 11) is 1.45. The maximum absolute atomic E-state index is 10.5. The van der Waals surface area contributed by atoms with Crippen molar-refractivity contribution < 1.29 is 24.9 Å². The van der Waals surface area contributed by atoms with Crippen molar-refractivity contribution in [3.05, 3.63) is 23.8 Å². The summed E-state index contributed by atoms with van der Waals surface area (Å²) < 4.78 is 4.90. The van der Waals surface area contributed by atoms with Crippen molar-refractivity contribution in [3.63, 3.8) is 0 Å². The van der Waals surface area contributed by atoms with Crippen LogP contribution < -0.4 is 4.74 Å². The van der Waals surface area contributed by atoms with Crippen LogP contribution in [0.1, 0.15) is 58.4 Å². The molecule has 1 aromatic rings. The minimum Gasteiger partial charge on any atom is -0.504 e. The fraction of sp³-hybridized carbons (Fsp3) is 0.588. The number of phenolic OH excluding ortho intramolecular Hbond substituents is 1. The Morgan fingerprint density at radius 3 is 2.18 bits per heavy atom. The van der Waals surface area contributed by atoms with Gasteiger partial charge in [0.15, 0.2) is 11.5 Å². The van der Waals surface area contributed by atoms with E-state index in [2.05, 4.69) is 13.8 Å². The van der Waals surface area contributed by atoms with Crippen LogP contribution in [0.4, 0.5) is 0 Å². The topological polar surface area (TPSA) is 87.0 Å². The molecule has 22 heavy (non-hydrogen) atoms. The number of hydrogen-bond acceptors (Lipinski definition) is 4. The summed E-state index contributed by atoms with van der Waals surface area (Å²) in [4.78, 5) is 10.5. The van der Waals surface area contributed by atoms with Crippen LogP contribution in [-0.2, 0) is 4.79 Å². The zero-order chi connectivity index (χ0) is 17.5. The van der Waals surface area contributed by atoms with Crippen LogP contribution in [0, 0.1) is 0 Å². The highest BCUT2D eigenvalue weighted by Crippen LogP contribution is 2.31. The second-order valence-electron chi connectivity index (χ2n) is 4.45. The summed E-state index contributed by atoms with van der Waals surface area (Å²) >= 11 is 0. The lowest BCUT2D eigenvalue weighted by atomic mass is 9.95. The molecule has 0 radical (unpaired) electrons. The van der Waals surface area contributed by atoms with Gasteiger partial charge in [0.25, 0.3) is 0 Å². The first-order chi connectivity index (χ1) is 10.5. The fourth-order valence-electron chi connectivity index (χ4n) is 1.62. The third kappa shape index (κ3) is 9.23. The summed E-state index contributed by atoms with van der Waals surface area (Å²) in [6.45, 7) is 8.10. The molecule has 1 aromatic carbocycles. The van der Waals surface area contributed by atoms with Crippen LogP contribution in [0.15, 0.2) is 18.2 Å². The molecule has 3 N–H and O–H groups in total. The average molecular weight is 314 g/mol. The highest BCUT2D eigenvalue weighted by atomic mass is 16.5. The predicted molar refractivity (Wildman–Crippen MR) is 88.7 cm³/mol. The van der Waals surface area contributed by atoms with E-state index in [1.807, 2.05) is 13.8 Å². The number of hydrogen-bond donors (Lipinski definition) is 3. The van der Waals surface area contributed by atoms with Gasteiger partial charge in [-0.3, -0.25) is 4.79 Å². The second kappa shape index (κ2) is 14.2. The van der Waals surface area contributed by atoms with Gasteiger partial charge in [-0.2, -0.15) is 0 Å². The molecule has 0 amide bonds. The maximum atomic E-state index is 10.5. The molecule has 128 valence electrons. The van der Waals surface area contributed by atoms with Crippen molar-refractivity contribution in [2.75, 3.05) is 13.7 Å². The first-order valence-electron chi connectivity index (χ1n) is 7.69. The summed E-state index contributed by atoms with van der Waals surface area (Å²) in [5.41, 5.74) is 0.701. The number of aliphatic carboxylic acids is 1. The Bertz CT molecular complexity index is 404. The van der Waals surface area contributed by atoms with E-state index in [0.717, 1.165) is 0 Å². The molecule has 0 aliphatic heterocycles. The van der Waals surface area contributed by atoms with Crippen molar-refractivity contribution in [2.24, 2.45) is 0 Å². The molecule has 0 bridgehead atoms. The summed E-state index contributed by atoms with van der Waals surface area (Å²) in [5.74, 6) is -0.855. The third-order valence-corrected chi connectivity index (χ3v) is 2.60. The van der Waals surface area contributed by atoms with Gasteiger partial charge in [-0.1, -0.05) is 40.2 Å². The van der Waals surface area contributed by atoms with Gasteiger partial charge >= 0.3 is 5.97 Å². The molecule has 0 aliphatic rings. The van der Waals surface area contributed by atoms with Crippen LogP contribution in [-0.4, -0.2) is 35.0 Å². The third-order valence-electron chi connectivity index (χ3n) is 2.60. The maximum Gasteiger partial charge on any atom is 0.303 e. The molecule has 5 nitrogen and oxygen atoms in total. The normalized spacial score (nSPS) is 10.5. The molecular weight excluding hydrogens is 284 g/mol. The van der Waals surface area contributed by atoms with E-state index in [1.165, 1.54) is 19.6 Å². The lowest BCUT2D eigenvalue weighted by Crippen LogP contribution is -2.07. The number of rotatable bonds is 6. The molecular formula is C17H30O5. The van der Waals surface area contributed by atoms with E-state index >= 15 is 0 Å². The number of carboxylic acids is 1. The monoisotopic (exact) mass is 314 g/mol. The molecule has 0 unspecified atom stereocenters. The van der Waals surface area contributed by atoms with Crippen LogP contribution in [0.25, 0.3) is 0 Å². The van der Waals surface area contributed by atoms with Gasteiger partial charge in [-0.25, -0.2) is 0 Å². The van der Waals surface area contributed by atoms with Crippen LogP contribution >= 0.6 is 0 Å². The van der Waals surface area contributed by atoms with Crippen LogP contribution in [0.3, 0.4) is 0 Å². The molecule has 1 atom stereocenters. The Morgan fingerprint density at radius 2 is 1.82 bits per heavy atom. The van der Waals surface area contributed by atoms with Gasteiger partial charge in [0.1, 0.15) is 0 Å². The number of aliphatic hydroxyl groups excluding tert-OH is 1. The number of phenols is 1. The van der Waals surface area contributed by atoms with Gasteiger partial charge in [0, 0.05) is 18.9 Å². The van der Waals surface area contributed by atoms with E-state index in [4.69, 9.17) is 9.84 Å². The van der Waals surface area contributed by atoms with E-state index in [0.29, 0.717) is 17.7 Å². The Kier molecular flexibility index (Phi) is 14.5. The van der Waals surface area contributed by atoms with Gasteiger partial charge in [0.05, 0.1) is 7.11 Å². The first-order valence-corrected chi connectivity index (χ1v) is 7.69. The van der Waals surface area contributed by atoms with Crippen molar-refractivity contribution in [3.8, 4) is 11.5 Å². The van der Waals surface area contributed by atoms with Gasteiger partial charge in [0.2, 0.25) is 0 Å². The highest BCUT2D eigenvalue weighted by molar-refractivity contribution is 5.66. The van der Waals surface area contributed by atoms with Crippen molar-refractivity contribution >= 4 is 5.97 Å². The molecule has 0 heterocycles. The zero-order valence-corrected chi connectivity index (χ0v) is 14.3. The lowest BCUT2D eigenvalue weighted by molar-refractivity contribution is -0.137. The fourth-order valence-corrected chi connectivity index (χ4v) is 1.62. The molecule has 0 spiro atoms. The van der Waals surface area contributed by atoms with Crippen LogP contribution in [0.2, 0.25) is 0 Å². The first kappa shape index (κ1) is 22.5. The van der Waals surface area contributed by atoms with Crippen molar-refractivity contribution in [2.45, 2.75) is 52.9 Å². The number of carbonyl (C=O) groups is 1. The van der Waals surface area contributed by atoms with Crippen molar-refractivity contribution in [1.29, 1.82) is 0 Å². The largest absolute Gasteiger partial charge is 0.504 e. The molecule has 0 saturated carbocycles. The molecule has 5 heteroatoms. The number of ether oxygens (including phenoxy) is 1. The van der Waals surface area contributed by atoms with E-state index in [9.17, 15) is 15.0 Å². The van der Waals surface area contributed by atoms with E-state index in [-0.39, 0.29) is 24.7 Å². The summed E-state index contributed by atoms with van der Waals surface area (Å²) in [6, 6.07) is 4.79. The molecule has 0 aliphatic carbocycles. The van der Waals surface area contributed by atoms with Gasteiger partial charge in [-0.05, 0) is 24.1 Å². The predicted octanol–water partition coefficient (Wildman–Crippen LogP) is 3.78. The Morgan fingerprint density at radius 1 is 1.27 bits per heavy atom.